The number of anilines is 1. The van der Waals surface area contributed by atoms with Crippen LogP contribution in [0.3, 0.4) is 0 Å². The average molecular weight is 592 g/mol. The summed E-state index contributed by atoms with van der Waals surface area (Å²) in [5.74, 6) is 2.94. The Hall–Kier alpha value is -4.77. The van der Waals surface area contributed by atoms with Gasteiger partial charge in [-0.15, -0.1) is 5.92 Å². The molecule has 226 valence electrons. The number of aliphatic hydroxyl groups is 1. The lowest BCUT2D eigenvalue weighted by Gasteiger charge is -2.27. The highest BCUT2D eigenvalue weighted by Crippen LogP contribution is 2.32. The maximum atomic E-state index is 13.3. The van der Waals surface area contributed by atoms with E-state index in [1.807, 2.05) is 0 Å². The number of hydrogen-bond acceptors (Lipinski definition) is 5. The zero-order valence-electron chi connectivity index (χ0n) is 23.1. The number of amides is 5. The molecule has 0 aliphatic carbocycles. The Morgan fingerprint density at radius 3 is 2.26 bits per heavy atom. The molecule has 2 atom stereocenters. The van der Waals surface area contributed by atoms with Gasteiger partial charge in [0.05, 0.1) is 29.4 Å². The summed E-state index contributed by atoms with van der Waals surface area (Å²) < 4.78 is 39.9. The van der Waals surface area contributed by atoms with Crippen LogP contribution in [0.5, 0.6) is 0 Å². The second-order valence-electron chi connectivity index (χ2n) is 9.36. The van der Waals surface area contributed by atoms with Gasteiger partial charge in [0.1, 0.15) is 6.10 Å². The van der Waals surface area contributed by atoms with Gasteiger partial charge in [0, 0.05) is 19.1 Å². The second-order valence-corrected chi connectivity index (χ2v) is 9.36. The smallest absolute Gasteiger partial charge is 0.416 e. The average Bonchev–Trinajstić information content (AvgIpc) is 2.90. The lowest BCUT2D eigenvalue weighted by molar-refractivity contribution is -0.137. The number of carbonyl (C=O) groups is 4. The number of nitrogens with one attached hydrogen (secondary N) is 4. The number of aliphatic hydroxyl groups excluding tert-OH is 1. The van der Waals surface area contributed by atoms with Gasteiger partial charge in [-0.1, -0.05) is 36.3 Å². The van der Waals surface area contributed by atoms with E-state index >= 15 is 0 Å². The number of benzene rings is 2. The van der Waals surface area contributed by atoms with E-state index in [-0.39, 0.29) is 24.8 Å². The van der Waals surface area contributed by atoms with Gasteiger partial charge in [0.25, 0.3) is 5.91 Å². The second kappa shape index (κ2) is 15.3. The van der Waals surface area contributed by atoms with Crippen LogP contribution >= 0.6 is 0 Å². The molecule has 0 unspecified atom stereocenters. The third kappa shape index (κ3) is 10.7. The molecule has 0 bridgehead atoms. The number of carboxylic acid groups (broad SMARTS) is 1. The first-order valence-corrected chi connectivity index (χ1v) is 12.7. The number of rotatable bonds is 11. The lowest BCUT2D eigenvalue weighted by Crippen LogP contribution is -2.53. The molecule has 42 heavy (non-hydrogen) atoms. The molecule has 2 aromatic rings. The van der Waals surface area contributed by atoms with Gasteiger partial charge in [-0.3, -0.25) is 9.59 Å². The number of hydrogen-bond donors (Lipinski definition) is 6. The van der Waals surface area contributed by atoms with Crippen LogP contribution in [0, 0.1) is 11.8 Å². The molecule has 0 aromatic heterocycles. The van der Waals surface area contributed by atoms with E-state index in [9.17, 15) is 42.6 Å². The van der Waals surface area contributed by atoms with E-state index in [1.165, 1.54) is 6.92 Å². The van der Waals surface area contributed by atoms with E-state index in [0.717, 1.165) is 11.0 Å². The summed E-state index contributed by atoms with van der Waals surface area (Å²) in [6.45, 7) is 3.58. The molecule has 2 aromatic carbocycles. The van der Waals surface area contributed by atoms with Crippen molar-refractivity contribution in [2.24, 2.45) is 0 Å². The lowest BCUT2D eigenvalue weighted by atomic mass is 10.1. The highest BCUT2D eigenvalue weighted by molar-refractivity contribution is 6.04. The Balaban J connectivity index is 2.19. The van der Waals surface area contributed by atoms with Crippen molar-refractivity contribution in [3.8, 4) is 11.8 Å². The third-order valence-corrected chi connectivity index (χ3v) is 5.59. The SMILES string of the molecule is CC#C[C@H](O)[C@H](CN(Cc1ccccc1)C(=O)O)NC(=O)CNC(=O)c1cc(C(F)(F)F)ccc1NC(=O)NC(C)C. The first-order valence-electron chi connectivity index (χ1n) is 12.7. The molecule has 2 rings (SSSR count). The van der Waals surface area contributed by atoms with E-state index in [4.69, 9.17) is 0 Å². The van der Waals surface area contributed by atoms with E-state index in [1.54, 1.807) is 44.2 Å². The molecule has 11 nitrogen and oxygen atoms in total. The molecule has 14 heteroatoms. The maximum Gasteiger partial charge on any atom is 0.416 e. The summed E-state index contributed by atoms with van der Waals surface area (Å²) >= 11 is 0. The van der Waals surface area contributed by atoms with Gasteiger partial charge in [-0.25, -0.2) is 9.59 Å². The topological polar surface area (TPSA) is 160 Å². The summed E-state index contributed by atoms with van der Waals surface area (Å²) in [6.07, 6.45) is -7.59. The van der Waals surface area contributed by atoms with E-state index in [0.29, 0.717) is 17.7 Å². The molecule has 5 amide bonds. The molecule has 6 N–H and O–H groups in total. The molecule has 0 spiro atoms. The highest BCUT2D eigenvalue weighted by Gasteiger charge is 2.32. The molecule has 0 heterocycles. The molecule has 0 saturated heterocycles. The molecule has 0 aliphatic rings. The fourth-order valence-electron chi connectivity index (χ4n) is 3.68. The number of halogens is 3. The minimum Gasteiger partial charge on any atom is -0.465 e. The van der Waals surface area contributed by atoms with Gasteiger partial charge in [-0.05, 0) is 44.5 Å². The number of alkyl halides is 3. The zero-order valence-corrected chi connectivity index (χ0v) is 23.1. The van der Waals surface area contributed by atoms with Crippen LogP contribution in [0.15, 0.2) is 48.5 Å². The molecular weight excluding hydrogens is 559 g/mol. The molecular formula is C28H32F3N5O6. The summed E-state index contributed by atoms with van der Waals surface area (Å²) in [5.41, 5.74) is -1.28. The Labute approximate surface area is 240 Å². The van der Waals surface area contributed by atoms with E-state index in [2.05, 4.69) is 33.1 Å². The van der Waals surface area contributed by atoms with E-state index < -0.39 is 59.9 Å². The van der Waals surface area contributed by atoms with Crippen LogP contribution in [0.1, 0.15) is 42.3 Å². The molecule has 0 aliphatic heterocycles. The minimum absolute atomic E-state index is 0.0543. The molecule has 0 radical (unpaired) electrons. The van der Waals surface area contributed by atoms with Crippen molar-refractivity contribution in [2.45, 2.75) is 51.7 Å². The number of carbonyl (C=O) groups excluding carboxylic acids is 3. The fraction of sp³-hybridized carbons (Fsp3) is 0.357. The summed E-state index contributed by atoms with van der Waals surface area (Å²) in [4.78, 5) is 50.5. The van der Waals surface area contributed by atoms with Gasteiger partial charge >= 0.3 is 18.3 Å². The summed E-state index contributed by atoms with van der Waals surface area (Å²) in [5, 5.41) is 29.5. The van der Waals surface area contributed by atoms with Crippen molar-refractivity contribution < 1.29 is 42.6 Å². The maximum absolute atomic E-state index is 13.3. The Morgan fingerprint density at radius 2 is 1.69 bits per heavy atom. The predicted molar refractivity (Wildman–Crippen MR) is 147 cm³/mol. The van der Waals surface area contributed by atoms with Gasteiger partial charge in [0.2, 0.25) is 5.91 Å². The van der Waals surface area contributed by atoms with Crippen molar-refractivity contribution in [1.82, 2.24) is 20.9 Å². The zero-order chi connectivity index (χ0) is 31.4. The van der Waals surface area contributed by atoms with Crippen molar-refractivity contribution in [1.29, 1.82) is 0 Å². The normalized spacial score (nSPS) is 12.3. The molecule has 0 fully saturated rings. The first kappa shape index (κ1) is 33.4. The van der Waals surface area contributed by atoms with Crippen molar-refractivity contribution in [2.75, 3.05) is 18.4 Å². The first-order chi connectivity index (χ1) is 19.7. The summed E-state index contributed by atoms with van der Waals surface area (Å²) in [7, 11) is 0. The predicted octanol–water partition coefficient (Wildman–Crippen LogP) is 3.01. The van der Waals surface area contributed by atoms with Crippen LogP contribution < -0.4 is 21.3 Å². The van der Waals surface area contributed by atoms with Crippen molar-refractivity contribution in [3.05, 3.63) is 65.2 Å². The van der Waals surface area contributed by atoms with Gasteiger partial charge in [0.15, 0.2) is 0 Å². The quantitative estimate of drug-likeness (QED) is 0.220. The number of urea groups is 1. The number of nitrogens with zero attached hydrogens (tertiary/aromatic N) is 1. The Bertz CT molecular complexity index is 1320. The largest absolute Gasteiger partial charge is 0.465 e. The van der Waals surface area contributed by atoms with Crippen LogP contribution in [-0.4, -0.2) is 70.3 Å². The molecule has 0 saturated carbocycles. The van der Waals surface area contributed by atoms with Crippen LogP contribution in [-0.2, 0) is 17.5 Å². The summed E-state index contributed by atoms with van der Waals surface area (Å²) in [6, 6.07) is 8.46. The van der Waals surface area contributed by atoms with Crippen molar-refractivity contribution >= 4 is 29.6 Å². The van der Waals surface area contributed by atoms with Crippen LogP contribution in [0.4, 0.5) is 28.4 Å². The monoisotopic (exact) mass is 591 g/mol. The third-order valence-electron chi connectivity index (χ3n) is 5.59. The van der Waals surface area contributed by atoms with Crippen LogP contribution in [0.25, 0.3) is 0 Å². The van der Waals surface area contributed by atoms with Crippen LogP contribution in [0.2, 0.25) is 0 Å². The Kier molecular flexibility index (Phi) is 12.2. The minimum atomic E-state index is -4.79. The van der Waals surface area contributed by atoms with Gasteiger partial charge < -0.3 is 36.4 Å². The fourth-order valence-corrected chi connectivity index (χ4v) is 3.68. The highest BCUT2D eigenvalue weighted by atomic mass is 19.4. The Morgan fingerprint density at radius 1 is 1.02 bits per heavy atom. The van der Waals surface area contributed by atoms with Crippen molar-refractivity contribution in [3.63, 3.8) is 0 Å². The van der Waals surface area contributed by atoms with Gasteiger partial charge in [-0.2, -0.15) is 13.2 Å². The standard InChI is InChI=1S/C28H32F3N5O6/c1-4-8-23(37)22(16-36(27(41)42)15-18-9-6-5-7-10-18)34-24(38)14-32-25(39)20-13-19(28(29,30)31)11-12-21(20)35-26(40)33-17(2)3/h5-7,9-13,17,22-23,37H,14-16H2,1-3H3,(H,32,39)(H,34,38)(H,41,42)(H2,33,35,40)/t22-,23-/m0/s1.